The molecule has 0 spiro atoms. The van der Waals surface area contributed by atoms with Crippen molar-refractivity contribution in [1.29, 1.82) is 0 Å². The van der Waals surface area contributed by atoms with Crippen LogP contribution in [0.25, 0.3) is 0 Å². The van der Waals surface area contributed by atoms with E-state index < -0.39 is 51.4 Å². The van der Waals surface area contributed by atoms with Crippen molar-refractivity contribution < 1.29 is 39.3 Å². The zero-order valence-corrected chi connectivity index (χ0v) is 10.6. The van der Waals surface area contributed by atoms with E-state index in [0.717, 1.165) is 6.08 Å². The second-order valence-electron chi connectivity index (χ2n) is 5.09. The minimum absolute atomic E-state index is 0.0358. The number of fused-ring (bicyclic) bond motifs is 2. The lowest BCUT2D eigenvalue weighted by Crippen LogP contribution is -2.66. The van der Waals surface area contributed by atoms with Gasteiger partial charge in [0.05, 0.1) is 0 Å². The largest absolute Gasteiger partial charge is 0.419 e. The third-order valence-electron chi connectivity index (χ3n) is 4.05. The standard InChI is InChI=1S/C10H10F6O3S/c11-9(12,13)8(10(14,15)16,20(17,18)19)7-4-5-1-2-6(7)3-5/h1-2,5-7H,3-4H2,(H,17,18,19). The molecule has 0 saturated heterocycles. The summed E-state index contributed by atoms with van der Waals surface area (Å²) >= 11 is 0. The molecule has 3 unspecified atom stereocenters. The summed E-state index contributed by atoms with van der Waals surface area (Å²) < 4.78 is 104. The Kier molecular flexibility index (Phi) is 3.22. The molecule has 2 aliphatic rings. The zero-order chi connectivity index (χ0) is 15.6. The normalized spacial score (nSPS) is 31.1. The Morgan fingerprint density at radius 1 is 0.950 bits per heavy atom. The van der Waals surface area contributed by atoms with Gasteiger partial charge in [-0.25, -0.2) is 0 Å². The number of alkyl halides is 6. The molecule has 2 rings (SSSR count). The highest BCUT2D eigenvalue weighted by Crippen LogP contribution is 2.60. The van der Waals surface area contributed by atoms with Gasteiger partial charge in [0.15, 0.2) is 0 Å². The SMILES string of the molecule is O=S(=O)(O)C(C1CC2C=CC1C2)(C(F)(F)F)C(F)(F)F. The highest BCUT2D eigenvalue weighted by molar-refractivity contribution is 7.87. The summed E-state index contributed by atoms with van der Waals surface area (Å²) in [4.78, 5) is 0. The molecule has 20 heavy (non-hydrogen) atoms. The summed E-state index contributed by atoms with van der Waals surface area (Å²) in [6, 6.07) is 0. The van der Waals surface area contributed by atoms with Gasteiger partial charge in [0.2, 0.25) is 0 Å². The smallest absolute Gasteiger partial charge is 0.285 e. The van der Waals surface area contributed by atoms with Gasteiger partial charge in [-0.05, 0) is 24.7 Å². The first-order chi connectivity index (χ1) is 8.82. The fraction of sp³-hybridized carbons (Fsp3) is 0.800. The van der Waals surface area contributed by atoms with Crippen molar-refractivity contribution >= 4 is 10.1 Å². The van der Waals surface area contributed by atoms with Gasteiger partial charge in [0.1, 0.15) is 0 Å². The van der Waals surface area contributed by atoms with Crippen LogP contribution in [0.1, 0.15) is 12.8 Å². The van der Waals surface area contributed by atoms with Crippen LogP contribution in [0.5, 0.6) is 0 Å². The maximum atomic E-state index is 13.1. The Labute approximate surface area is 110 Å². The molecule has 1 saturated carbocycles. The number of allylic oxidation sites excluding steroid dienone is 2. The van der Waals surface area contributed by atoms with Gasteiger partial charge in [-0.1, -0.05) is 12.2 Å². The maximum Gasteiger partial charge on any atom is 0.419 e. The lowest BCUT2D eigenvalue weighted by Gasteiger charge is -2.41. The van der Waals surface area contributed by atoms with Crippen molar-refractivity contribution in [2.45, 2.75) is 29.9 Å². The monoisotopic (exact) mass is 324 g/mol. The first kappa shape index (κ1) is 15.6. The van der Waals surface area contributed by atoms with Crippen LogP contribution >= 0.6 is 0 Å². The molecule has 0 aromatic rings. The lowest BCUT2D eigenvalue weighted by atomic mass is 9.80. The van der Waals surface area contributed by atoms with E-state index in [2.05, 4.69) is 0 Å². The highest BCUT2D eigenvalue weighted by atomic mass is 32.2. The molecule has 0 radical (unpaired) electrons. The summed E-state index contributed by atoms with van der Waals surface area (Å²) in [6.07, 6.45) is -10.2. The molecule has 116 valence electrons. The Hall–Kier alpha value is -0.770. The van der Waals surface area contributed by atoms with E-state index in [0.29, 0.717) is 0 Å². The number of hydrogen-bond donors (Lipinski definition) is 1. The van der Waals surface area contributed by atoms with Gasteiger partial charge >= 0.3 is 12.4 Å². The molecular formula is C10H10F6O3S. The van der Waals surface area contributed by atoms with Crippen molar-refractivity contribution in [3.05, 3.63) is 12.2 Å². The summed E-state index contributed by atoms with van der Waals surface area (Å²) in [6.45, 7) is 0. The molecular weight excluding hydrogens is 314 g/mol. The molecule has 0 heterocycles. The van der Waals surface area contributed by atoms with Gasteiger partial charge in [-0.3, -0.25) is 4.55 Å². The van der Waals surface area contributed by atoms with Gasteiger partial charge in [0, 0.05) is 5.92 Å². The van der Waals surface area contributed by atoms with Crippen LogP contribution in [0, 0.1) is 17.8 Å². The lowest BCUT2D eigenvalue weighted by molar-refractivity contribution is -0.284. The Morgan fingerprint density at radius 3 is 1.70 bits per heavy atom. The molecule has 0 amide bonds. The van der Waals surface area contributed by atoms with E-state index in [1.165, 1.54) is 6.08 Å². The minimum Gasteiger partial charge on any atom is -0.285 e. The van der Waals surface area contributed by atoms with Crippen molar-refractivity contribution in [3.8, 4) is 0 Å². The second-order valence-corrected chi connectivity index (χ2v) is 6.69. The highest BCUT2D eigenvalue weighted by Gasteiger charge is 2.82. The quantitative estimate of drug-likeness (QED) is 0.483. The van der Waals surface area contributed by atoms with E-state index in [-0.39, 0.29) is 6.42 Å². The number of rotatable bonds is 2. The molecule has 3 atom stereocenters. The van der Waals surface area contributed by atoms with Crippen molar-refractivity contribution in [2.75, 3.05) is 0 Å². The minimum atomic E-state index is -6.43. The van der Waals surface area contributed by atoms with Gasteiger partial charge in [0.25, 0.3) is 14.9 Å². The Morgan fingerprint density at radius 2 is 1.45 bits per heavy atom. The topological polar surface area (TPSA) is 54.4 Å². The van der Waals surface area contributed by atoms with Gasteiger partial charge in [-0.2, -0.15) is 34.8 Å². The molecule has 1 N–H and O–H groups in total. The van der Waals surface area contributed by atoms with Crippen LogP contribution in [0.3, 0.4) is 0 Å². The summed E-state index contributed by atoms with van der Waals surface area (Å²) in [7, 11) is -6.43. The van der Waals surface area contributed by atoms with E-state index in [1.807, 2.05) is 0 Å². The van der Waals surface area contributed by atoms with Crippen molar-refractivity contribution in [3.63, 3.8) is 0 Å². The summed E-state index contributed by atoms with van der Waals surface area (Å²) in [5, 5.41) is 0. The van der Waals surface area contributed by atoms with Crippen LogP contribution in [0.15, 0.2) is 12.2 Å². The third kappa shape index (κ3) is 1.87. The molecule has 2 bridgehead atoms. The molecule has 0 aliphatic heterocycles. The van der Waals surface area contributed by atoms with Crippen LogP contribution < -0.4 is 0 Å². The Balaban J connectivity index is 2.69. The van der Waals surface area contributed by atoms with Gasteiger partial charge in [-0.15, -0.1) is 0 Å². The van der Waals surface area contributed by atoms with E-state index in [9.17, 15) is 34.8 Å². The molecule has 10 heteroatoms. The fourth-order valence-corrected chi connectivity index (χ4v) is 4.55. The fourth-order valence-electron chi connectivity index (χ4n) is 3.31. The summed E-state index contributed by atoms with van der Waals surface area (Å²) in [5.41, 5.74) is 0. The first-order valence-electron chi connectivity index (χ1n) is 5.61. The maximum absolute atomic E-state index is 13.1. The average molecular weight is 324 g/mol. The van der Waals surface area contributed by atoms with E-state index in [1.54, 1.807) is 0 Å². The average Bonchev–Trinajstić information content (AvgIpc) is 2.71. The predicted octanol–water partition coefficient (Wildman–Crippen LogP) is 2.95. The number of hydrogen-bond acceptors (Lipinski definition) is 2. The van der Waals surface area contributed by atoms with Crippen LogP contribution in [0.2, 0.25) is 0 Å². The van der Waals surface area contributed by atoms with Crippen molar-refractivity contribution in [1.82, 2.24) is 0 Å². The molecule has 1 fully saturated rings. The third-order valence-corrected chi connectivity index (χ3v) is 5.63. The zero-order valence-electron chi connectivity index (χ0n) is 9.74. The predicted molar refractivity (Wildman–Crippen MR) is 55.2 cm³/mol. The van der Waals surface area contributed by atoms with Crippen LogP contribution in [0.4, 0.5) is 26.3 Å². The molecule has 0 aromatic heterocycles. The molecule has 0 aromatic carbocycles. The molecule has 2 aliphatic carbocycles. The van der Waals surface area contributed by atoms with Crippen LogP contribution in [-0.4, -0.2) is 30.1 Å². The van der Waals surface area contributed by atoms with Gasteiger partial charge < -0.3 is 0 Å². The van der Waals surface area contributed by atoms with Crippen molar-refractivity contribution in [2.24, 2.45) is 17.8 Å². The Bertz CT molecular complexity index is 518. The summed E-state index contributed by atoms with van der Waals surface area (Å²) in [5.74, 6) is -3.94. The first-order valence-corrected chi connectivity index (χ1v) is 7.05. The second kappa shape index (κ2) is 4.12. The van der Waals surface area contributed by atoms with Crippen LogP contribution in [-0.2, 0) is 10.1 Å². The number of halogens is 6. The van der Waals surface area contributed by atoms with E-state index >= 15 is 0 Å². The van der Waals surface area contributed by atoms with E-state index in [4.69, 9.17) is 4.55 Å². The molecule has 3 nitrogen and oxygen atoms in total.